The molecular formula is C25H27NO6. The summed E-state index contributed by atoms with van der Waals surface area (Å²) >= 11 is 0. The van der Waals surface area contributed by atoms with Crippen LogP contribution in [0, 0.1) is 0 Å². The Hall–Kier alpha value is -3.58. The number of hydrogen-bond acceptors (Lipinski definition) is 7. The van der Waals surface area contributed by atoms with Crippen LogP contribution in [0.2, 0.25) is 0 Å². The fourth-order valence-corrected chi connectivity index (χ4v) is 3.55. The standard InChI is InChI=1S/C25H27NO6/c1-5-31-25(27)23(26-30-4)20-15-21(29-3)24(32-16-28-2)22-18(12-9-13-19(20)22)14-17-10-7-6-8-11-17/h6-13,15H,5,14,16H2,1-4H3. The predicted molar refractivity (Wildman–Crippen MR) is 122 cm³/mol. The lowest BCUT2D eigenvalue weighted by atomic mass is 9.93. The highest BCUT2D eigenvalue weighted by atomic mass is 16.7. The number of carbonyl (C=O) groups excluding carboxylic acids is 1. The second kappa shape index (κ2) is 11.2. The second-order valence-corrected chi connectivity index (χ2v) is 6.85. The average molecular weight is 437 g/mol. The summed E-state index contributed by atoms with van der Waals surface area (Å²) in [6.07, 6.45) is 0.657. The van der Waals surface area contributed by atoms with E-state index >= 15 is 0 Å². The van der Waals surface area contributed by atoms with E-state index in [9.17, 15) is 4.79 Å². The maximum atomic E-state index is 12.7. The van der Waals surface area contributed by atoms with E-state index in [0.717, 1.165) is 21.9 Å². The minimum Gasteiger partial charge on any atom is -0.493 e. The van der Waals surface area contributed by atoms with E-state index in [0.29, 0.717) is 23.5 Å². The number of hydrogen-bond donors (Lipinski definition) is 0. The van der Waals surface area contributed by atoms with E-state index in [2.05, 4.69) is 17.3 Å². The van der Waals surface area contributed by atoms with Gasteiger partial charge in [-0.1, -0.05) is 53.7 Å². The summed E-state index contributed by atoms with van der Waals surface area (Å²) in [4.78, 5) is 17.6. The molecule has 0 heterocycles. The minimum absolute atomic E-state index is 0.0430. The molecule has 0 saturated carbocycles. The first-order valence-electron chi connectivity index (χ1n) is 10.2. The number of oxime groups is 1. The van der Waals surface area contributed by atoms with Crippen molar-refractivity contribution in [3.8, 4) is 11.5 Å². The van der Waals surface area contributed by atoms with Gasteiger partial charge in [-0.15, -0.1) is 0 Å². The van der Waals surface area contributed by atoms with E-state index in [1.165, 1.54) is 7.11 Å². The number of benzene rings is 3. The lowest BCUT2D eigenvalue weighted by Gasteiger charge is -2.19. The van der Waals surface area contributed by atoms with Crippen molar-refractivity contribution in [2.45, 2.75) is 13.3 Å². The molecule has 7 nitrogen and oxygen atoms in total. The van der Waals surface area contributed by atoms with Crippen molar-refractivity contribution in [1.82, 2.24) is 0 Å². The van der Waals surface area contributed by atoms with Crippen LogP contribution in [0.1, 0.15) is 23.6 Å². The van der Waals surface area contributed by atoms with Gasteiger partial charge in [0.2, 0.25) is 0 Å². The van der Waals surface area contributed by atoms with Gasteiger partial charge in [0.1, 0.15) is 7.11 Å². The van der Waals surface area contributed by atoms with Gasteiger partial charge in [-0.25, -0.2) is 4.79 Å². The molecule has 32 heavy (non-hydrogen) atoms. The van der Waals surface area contributed by atoms with E-state index in [-0.39, 0.29) is 19.1 Å². The van der Waals surface area contributed by atoms with Crippen molar-refractivity contribution < 1.29 is 28.6 Å². The van der Waals surface area contributed by atoms with Gasteiger partial charge in [0.25, 0.3) is 0 Å². The van der Waals surface area contributed by atoms with Gasteiger partial charge in [-0.2, -0.15) is 0 Å². The molecule has 3 rings (SSSR count). The molecule has 3 aromatic rings. The first-order chi connectivity index (χ1) is 15.6. The number of methoxy groups -OCH3 is 2. The molecular weight excluding hydrogens is 410 g/mol. The molecule has 0 aromatic heterocycles. The molecule has 0 atom stereocenters. The van der Waals surface area contributed by atoms with Gasteiger partial charge in [0.05, 0.1) is 13.7 Å². The molecule has 0 saturated heterocycles. The highest BCUT2D eigenvalue weighted by Crippen LogP contribution is 2.41. The Labute approximate surface area is 187 Å². The molecule has 0 fully saturated rings. The molecule has 0 unspecified atom stereocenters. The number of carbonyl (C=O) groups is 1. The Balaban J connectivity index is 2.31. The summed E-state index contributed by atoms with van der Waals surface area (Å²) in [5.41, 5.74) is 2.71. The number of rotatable bonds is 10. The fourth-order valence-electron chi connectivity index (χ4n) is 3.55. The second-order valence-electron chi connectivity index (χ2n) is 6.85. The SMILES string of the molecule is CCOC(=O)C(=NOC)c1cc(OC)c(OCOC)c2c(Cc3ccccc3)cccc12. The smallest absolute Gasteiger partial charge is 0.361 e. The minimum atomic E-state index is -0.586. The summed E-state index contributed by atoms with van der Waals surface area (Å²) in [5, 5.41) is 5.53. The van der Waals surface area contributed by atoms with Crippen molar-refractivity contribution in [1.29, 1.82) is 0 Å². The van der Waals surface area contributed by atoms with Gasteiger partial charge < -0.3 is 23.8 Å². The predicted octanol–water partition coefficient (Wildman–Crippen LogP) is 4.34. The molecule has 3 aromatic carbocycles. The van der Waals surface area contributed by atoms with Crippen LogP contribution in [0.25, 0.3) is 10.8 Å². The van der Waals surface area contributed by atoms with Crippen LogP contribution in [0.5, 0.6) is 11.5 Å². The third kappa shape index (κ3) is 5.00. The molecule has 0 aliphatic rings. The number of ether oxygens (including phenoxy) is 4. The third-order valence-corrected chi connectivity index (χ3v) is 4.85. The first kappa shape index (κ1) is 23.1. The Morgan fingerprint density at radius 2 is 1.78 bits per heavy atom. The van der Waals surface area contributed by atoms with E-state index in [1.807, 2.05) is 36.4 Å². The van der Waals surface area contributed by atoms with Crippen molar-refractivity contribution in [2.75, 3.05) is 34.7 Å². The molecule has 0 amide bonds. The largest absolute Gasteiger partial charge is 0.493 e. The molecule has 0 spiro atoms. The zero-order chi connectivity index (χ0) is 22.9. The maximum absolute atomic E-state index is 12.7. The van der Waals surface area contributed by atoms with Crippen molar-refractivity contribution in [3.05, 3.63) is 71.3 Å². The fraction of sp³-hybridized carbons (Fsp3) is 0.280. The highest BCUT2D eigenvalue weighted by Gasteiger charge is 2.25. The van der Waals surface area contributed by atoms with Crippen LogP contribution in [0.15, 0.2) is 59.8 Å². The van der Waals surface area contributed by atoms with Crippen LogP contribution < -0.4 is 9.47 Å². The van der Waals surface area contributed by atoms with Crippen LogP contribution in [-0.4, -0.2) is 46.4 Å². The summed E-state index contributed by atoms with van der Waals surface area (Å²) in [7, 11) is 4.48. The zero-order valence-corrected chi connectivity index (χ0v) is 18.7. The number of fused-ring (bicyclic) bond motifs is 1. The summed E-state index contributed by atoms with van der Waals surface area (Å²) in [6, 6.07) is 17.7. The Bertz CT molecular complexity index is 1090. The summed E-state index contributed by atoms with van der Waals surface area (Å²) in [6.45, 7) is 1.99. The van der Waals surface area contributed by atoms with Crippen LogP contribution in [-0.2, 0) is 25.5 Å². The van der Waals surface area contributed by atoms with Crippen molar-refractivity contribution >= 4 is 22.5 Å². The topological polar surface area (TPSA) is 75.6 Å². The van der Waals surface area contributed by atoms with Gasteiger partial charge in [-0.05, 0) is 35.9 Å². The summed E-state index contributed by atoms with van der Waals surface area (Å²) in [5.74, 6) is 0.384. The number of nitrogens with zero attached hydrogens (tertiary/aromatic N) is 1. The Morgan fingerprint density at radius 1 is 1.00 bits per heavy atom. The number of esters is 1. The first-order valence-corrected chi connectivity index (χ1v) is 10.2. The van der Waals surface area contributed by atoms with Gasteiger partial charge in [0.15, 0.2) is 24.0 Å². The van der Waals surface area contributed by atoms with Crippen molar-refractivity contribution in [3.63, 3.8) is 0 Å². The third-order valence-electron chi connectivity index (χ3n) is 4.85. The molecule has 168 valence electrons. The van der Waals surface area contributed by atoms with Gasteiger partial charge in [-0.3, -0.25) is 0 Å². The average Bonchev–Trinajstić information content (AvgIpc) is 2.81. The van der Waals surface area contributed by atoms with Gasteiger partial charge >= 0.3 is 5.97 Å². The van der Waals surface area contributed by atoms with E-state index in [4.69, 9.17) is 23.8 Å². The van der Waals surface area contributed by atoms with Crippen LogP contribution >= 0.6 is 0 Å². The van der Waals surface area contributed by atoms with Crippen molar-refractivity contribution in [2.24, 2.45) is 5.16 Å². The molecule has 0 bridgehead atoms. The zero-order valence-electron chi connectivity index (χ0n) is 18.7. The quantitative estimate of drug-likeness (QED) is 0.203. The normalized spacial score (nSPS) is 11.3. The summed E-state index contributed by atoms with van der Waals surface area (Å²) < 4.78 is 21.9. The molecule has 0 aliphatic carbocycles. The van der Waals surface area contributed by atoms with Gasteiger partial charge in [0, 0.05) is 18.1 Å². The van der Waals surface area contributed by atoms with Crippen LogP contribution in [0.4, 0.5) is 0 Å². The molecule has 0 radical (unpaired) electrons. The molecule has 0 aliphatic heterocycles. The van der Waals surface area contributed by atoms with Crippen LogP contribution in [0.3, 0.4) is 0 Å². The Kier molecular flexibility index (Phi) is 8.05. The molecule has 0 N–H and O–H groups in total. The monoisotopic (exact) mass is 437 g/mol. The highest BCUT2D eigenvalue weighted by molar-refractivity contribution is 6.45. The lowest BCUT2D eigenvalue weighted by molar-refractivity contribution is -0.135. The Morgan fingerprint density at radius 3 is 2.44 bits per heavy atom. The molecule has 7 heteroatoms. The van der Waals surface area contributed by atoms with E-state index < -0.39 is 5.97 Å². The lowest BCUT2D eigenvalue weighted by Crippen LogP contribution is -2.20. The van der Waals surface area contributed by atoms with E-state index in [1.54, 1.807) is 27.2 Å². The maximum Gasteiger partial charge on any atom is 0.361 e.